The van der Waals surface area contributed by atoms with Crippen molar-refractivity contribution in [1.29, 1.82) is 0 Å². The summed E-state index contributed by atoms with van der Waals surface area (Å²) in [6, 6.07) is 1.39. The molecule has 30 heavy (non-hydrogen) atoms. The Labute approximate surface area is 179 Å². The van der Waals surface area contributed by atoms with Gasteiger partial charge in [0.2, 0.25) is 0 Å². The fraction of sp³-hybridized carbons (Fsp3) is 0.571. The summed E-state index contributed by atoms with van der Waals surface area (Å²) >= 11 is 1.34. The first kappa shape index (κ1) is 21.1. The van der Waals surface area contributed by atoms with Gasteiger partial charge in [-0.3, -0.25) is 14.7 Å². The molecule has 2 saturated heterocycles. The van der Waals surface area contributed by atoms with Crippen molar-refractivity contribution in [2.24, 2.45) is 5.92 Å². The van der Waals surface area contributed by atoms with Gasteiger partial charge in [-0.2, -0.15) is 0 Å². The predicted molar refractivity (Wildman–Crippen MR) is 113 cm³/mol. The Morgan fingerprint density at radius 2 is 2.00 bits per heavy atom. The highest BCUT2D eigenvalue weighted by Crippen LogP contribution is 2.30. The number of rotatable bonds is 5. The first-order valence-corrected chi connectivity index (χ1v) is 11.4. The van der Waals surface area contributed by atoms with Crippen molar-refractivity contribution in [3.05, 3.63) is 40.7 Å². The molecule has 2 aromatic rings. The molecule has 2 aliphatic heterocycles. The van der Waals surface area contributed by atoms with Crippen molar-refractivity contribution >= 4 is 22.4 Å². The number of pyridine rings is 1. The summed E-state index contributed by atoms with van der Waals surface area (Å²) in [5.74, 6) is -1.30. The minimum absolute atomic E-state index is 0.00287. The number of nitrogens with one attached hydrogen (secondary N) is 1. The van der Waals surface area contributed by atoms with E-state index in [2.05, 4.69) is 32.0 Å². The first-order chi connectivity index (χ1) is 14.5. The molecule has 2 aliphatic rings. The lowest BCUT2D eigenvalue weighted by Crippen LogP contribution is -2.51. The van der Waals surface area contributed by atoms with Crippen molar-refractivity contribution in [2.45, 2.75) is 45.2 Å². The molecule has 1 N–H and O–H groups in total. The van der Waals surface area contributed by atoms with Gasteiger partial charge in [0, 0.05) is 25.2 Å². The van der Waals surface area contributed by atoms with Crippen molar-refractivity contribution in [1.82, 2.24) is 20.2 Å². The average Bonchev–Trinajstić information content (AvgIpc) is 3.24. The Bertz CT molecular complexity index is 886. The zero-order chi connectivity index (χ0) is 21.1. The minimum atomic E-state index is -0.772. The van der Waals surface area contributed by atoms with Crippen LogP contribution in [0.25, 0.3) is 0 Å². The summed E-state index contributed by atoms with van der Waals surface area (Å²) in [7, 11) is 0. The average molecular weight is 436 g/mol. The zero-order valence-electron chi connectivity index (χ0n) is 17.1. The van der Waals surface area contributed by atoms with E-state index < -0.39 is 11.6 Å². The van der Waals surface area contributed by atoms with Crippen LogP contribution >= 0.6 is 11.3 Å². The number of piperidine rings is 2. The van der Waals surface area contributed by atoms with E-state index >= 15 is 0 Å². The smallest absolute Gasteiger partial charge is 0.263 e. The number of carbonyl (C=O) groups excluding carboxylic acids is 1. The summed E-state index contributed by atoms with van der Waals surface area (Å²) in [5.41, 5.74) is 0.00287. The molecule has 0 saturated carbocycles. The second kappa shape index (κ2) is 9.34. The first-order valence-electron chi connectivity index (χ1n) is 10.5. The second-order valence-corrected chi connectivity index (χ2v) is 9.16. The van der Waals surface area contributed by atoms with Gasteiger partial charge in [-0.05, 0) is 38.3 Å². The van der Waals surface area contributed by atoms with Gasteiger partial charge in [0.05, 0.1) is 24.6 Å². The Morgan fingerprint density at radius 3 is 2.73 bits per heavy atom. The molecule has 2 unspecified atom stereocenters. The zero-order valence-corrected chi connectivity index (χ0v) is 17.9. The van der Waals surface area contributed by atoms with E-state index in [0.717, 1.165) is 36.9 Å². The molecule has 2 fully saturated rings. The van der Waals surface area contributed by atoms with Crippen LogP contribution in [0.3, 0.4) is 0 Å². The highest BCUT2D eigenvalue weighted by atomic mass is 32.1. The van der Waals surface area contributed by atoms with Crippen molar-refractivity contribution in [3.63, 3.8) is 0 Å². The number of carbonyl (C=O) groups is 1. The maximum atomic E-state index is 13.7. The van der Waals surface area contributed by atoms with Gasteiger partial charge >= 0.3 is 0 Å². The van der Waals surface area contributed by atoms with Crippen LogP contribution in [0.5, 0.6) is 0 Å². The van der Waals surface area contributed by atoms with Crippen LogP contribution in [0.1, 0.15) is 48.0 Å². The third-order valence-electron chi connectivity index (χ3n) is 6.01. The molecule has 0 bridgehead atoms. The molecule has 0 spiro atoms. The van der Waals surface area contributed by atoms with E-state index in [1.54, 1.807) is 6.20 Å². The number of aromatic nitrogens is 2. The van der Waals surface area contributed by atoms with Crippen LogP contribution < -0.4 is 10.2 Å². The monoisotopic (exact) mass is 435 g/mol. The second-order valence-electron chi connectivity index (χ2n) is 8.15. The van der Waals surface area contributed by atoms with E-state index in [0.29, 0.717) is 16.8 Å². The fourth-order valence-electron chi connectivity index (χ4n) is 4.44. The molecule has 162 valence electrons. The number of amides is 1. The van der Waals surface area contributed by atoms with Gasteiger partial charge < -0.3 is 10.2 Å². The van der Waals surface area contributed by atoms with Crippen molar-refractivity contribution in [3.8, 4) is 0 Å². The number of thiazole rings is 1. The van der Waals surface area contributed by atoms with Crippen LogP contribution in [0, 0.1) is 17.6 Å². The number of likely N-dealkylation sites (tertiary alicyclic amines) is 1. The Kier molecular flexibility index (Phi) is 6.58. The highest BCUT2D eigenvalue weighted by molar-refractivity contribution is 7.17. The Morgan fingerprint density at radius 1 is 1.20 bits per heavy atom. The van der Waals surface area contributed by atoms with Gasteiger partial charge in [0.15, 0.2) is 5.13 Å². The molecule has 0 aliphatic carbocycles. The molecule has 4 rings (SSSR count). The molecule has 4 heterocycles. The van der Waals surface area contributed by atoms with Crippen molar-refractivity contribution in [2.75, 3.05) is 31.1 Å². The Hall–Kier alpha value is -2.13. The van der Waals surface area contributed by atoms with Gasteiger partial charge in [-0.25, -0.2) is 13.8 Å². The Balaban J connectivity index is 1.33. The maximum Gasteiger partial charge on any atom is 0.263 e. The minimum Gasteiger partial charge on any atom is -0.348 e. The summed E-state index contributed by atoms with van der Waals surface area (Å²) in [6.07, 6.45) is 7.55. The summed E-state index contributed by atoms with van der Waals surface area (Å²) in [5, 5.41) is 3.47. The van der Waals surface area contributed by atoms with Crippen molar-refractivity contribution < 1.29 is 13.6 Å². The van der Waals surface area contributed by atoms with E-state index in [1.165, 1.54) is 43.7 Å². The molecule has 6 nitrogen and oxygen atoms in total. The van der Waals surface area contributed by atoms with E-state index in [9.17, 15) is 13.6 Å². The predicted octanol–water partition coefficient (Wildman–Crippen LogP) is 3.45. The standard InChI is InChI=1S/C21H27F2N5OS/c1-14-13-28(8-5-18(14)27-6-3-2-4-7-27)21-26-12-19(30-21)20(29)25-11-17-16(23)9-15(22)10-24-17/h9-10,12,14,18H,2-8,11,13H2,1H3,(H,25,29). The molecule has 9 heteroatoms. The molecule has 0 radical (unpaired) electrons. The number of hydrogen-bond acceptors (Lipinski definition) is 6. The summed E-state index contributed by atoms with van der Waals surface area (Å²) in [4.78, 5) is 25.9. The SMILES string of the molecule is CC1CN(c2ncc(C(=O)NCc3ncc(F)cc3F)s2)CCC1N1CCCCC1. The van der Waals surface area contributed by atoms with Crippen LogP contribution in [0.2, 0.25) is 0 Å². The third kappa shape index (κ3) is 4.78. The quantitative estimate of drug-likeness (QED) is 0.780. The van der Waals surface area contributed by atoms with Crippen LogP contribution in [0.15, 0.2) is 18.5 Å². The number of hydrogen-bond donors (Lipinski definition) is 1. The van der Waals surface area contributed by atoms with Crippen LogP contribution in [-0.2, 0) is 6.54 Å². The van der Waals surface area contributed by atoms with Gasteiger partial charge in [-0.1, -0.05) is 24.7 Å². The molecular formula is C21H27F2N5OS. The summed E-state index contributed by atoms with van der Waals surface area (Å²) < 4.78 is 26.6. The van der Waals surface area contributed by atoms with E-state index in [1.807, 2.05) is 0 Å². The lowest BCUT2D eigenvalue weighted by molar-refractivity contribution is 0.0954. The fourth-order valence-corrected chi connectivity index (χ4v) is 5.31. The van der Waals surface area contributed by atoms with Gasteiger partial charge in [0.1, 0.15) is 16.5 Å². The van der Waals surface area contributed by atoms with E-state index in [-0.39, 0.29) is 18.1 Å². The molecule has 0 aromatic carbocycles. The van der Waals surface area contributed by atoms with Crippen LogP contribution in [0.4, 0.5) is 13.9 Å². The number of halogens is 2. The topological polar surface area (TPSA) is 61.4 Å². The lowest BCUT2D eigenvalue weighted by Gasteiger charge is -2.44. The normalized spacial score (nSPS) is 22.8. The maximum absolute atomic E-state index is 13.7. The molecule has 2 aromatic heterocycles. The van der Waals surface area contributed by atoms with E-state index in [4.69, 9.17) is 0 Å². The molecular weight excluding hydrogens is 408 g/mol. The molecule has 1 amide bonds. The number of nitrogens with zero attached hydrogens (tertiary/aromatic N) is 4. The van der Waals surface area contributed by atoms with Gasteiger partial charge in [-0.15, -0.1) is 0 Å². The highest BCUT2D eigenvalue weighted by Gasteiger charge is 2.32. The lowest BCUT2D eigenvalue weighted by atomic mass is 9.91. The third-order valence-corrected chi connectivity index (χ3v) is 7.06. The van der Waals surface area contributed by atoms with Crippen LogP contribution in [-0.4, -0.2) is 53.0 Å². The largest absolute Gasteiger partial charge is 0.348 e. The molecule has 2 atom stereocenters. The number of anilines is 1. The summed E-state index contributed by atoms with van der Waals surface area (Å²) in [6.45, 7) is 6.48. The van der Waals surface area contributed by atoms with Gasteiger partial charge in [0.25, 0.3) is 5.91 Å².